The molecule has 1 aliphatic rings. The largest absolute Gasteiger partial charge is 0.465 e. The molecule has 0 fully saturated rings. The number of fused-ring (bicyclic) bond motifs is 1. The van der Waals surface area contributed by atoms with Crippen LogP contribution in [0.2, 0.25) is 0 Å². The number of benzene rings is 2. The zero-order valence-corrected chi connectivity index (χ0v) is 20.4. The number of esters is 3. The minimum absolute atomic E-state index is 0.122. The number of hydrogen-bond donors (Lipinski definition) is 0. The number of imide groups is 1. The summed E-state index contributed by atoms with van der Waals surface area (Å²) in [7, 11) is 1.05. The van der Waals surface area contributed by atoms with E-state index in [0.717, 1.165) is 7.11 Å². The van der Waals surface area contributed by atoms with Gasteiger partial charge >= 0.3 is 17.9 Å². The molecule has 10 nitrogen and oxygen atoms in total. The van der Waals surface area contributed by atoms with Gasteiger partial charge in [0.1, 0.15) is 0 Å². The van der Waals surface area contributed by atoms with Gasteiger partial charge in [-0.05, 0) is 49.6 Å². The molecular formula is C26H27NO9. The lowest BCUT2D eigenvalue weighted by Crippen LogP contribution is -2.65. The Hall–Kier alpha value is -4.05. The predicted octanol–water partition coefficient (Wildman–Crippen LogP) is 2.44. The number of amides is 2. The van der Waals surface area contributed by atoms with Crippen LogP contribution in [-0.4, -0.2) is 61.7 Å². The molecule has 2 aromatic carbocycles. The van der Waals surface area contributed by atoms with Crippen LogP contribution in [0.5, 0.6) is 0 Å². The second-order valence-electron chi connectivity index (χ2n) is 7.68. The second-order valence-corrected chi connectivity index (χ2v) is 7.68. The summed E-state index contributed by atoms with van der Waals surface area (Å²) in [4.78, 5) is 72.3. The fraction of sp³-hybridized carbons (Fsp3) is 0.346. The van der Waals surface area contributed by atoms with Crippen molar-refractivity contribution < 1.29 is 43.0 Å². The molecule has 3 rings (SSSR count). The van der Waals surface area contributed by atoms with Gasteiger partial charge in [-0.3, -0.25) is 28.8 Å². The summed E-state index contributed by atoms with van der Waals surface area (Å²) in [5.41, 5.74) is -1.73. The maximum Gasteiger partial charge on any atom is 0.327 e. The standard InChI is InChI=1S/C26H27NO9/c1-5-34-22(29)20(23(30)35-6-2)26(25(32)36-7-3)19-15-17(16-11-9-8-10-12-16)13-14-18(19)21(28)27(33-4)24(26)31/h8-15,20H,5-7H2,1-4H3. The summed E-state index contributed by atoms with van der Waals surface area (Å²) in [5, 5.41) is 0.340. The van der Waals surface area contributed by atoms with E-state index < -0.39 is 41.1 Å². The number of rotatable bonds is 9. The number of nitrogens with zero attached hydrogens (tertiary/aromatic N) is 1. The molecule has 0 saturated heterocycles. The average Bonchev–Trinajstić information content (AvgIpc) is 2.87. The molecule has 0 aromatic heterocycles. The van der Waals surface area contributed by atoms with Crippen LogP contribution in [0.4, 0.5) is 0 Å². The third kappa shape index (κ3) is 4.35. The van der Waals surface area contributed by atoms with E-state index >= 15 is 0 Å². The van der Waals surface area contributed by atoms with Crippen molar-refractivity contribution in [2.24, 2.45) is 5.92 Å². The Balaban J connectivity index is 2.46. The normalized spacial score (nSPS) is 17.0. The molecule has 1 aliphatic heterocycles. The summed E-state index contributed by atoms with van der Waals surface area (Å²) >= 11 is 0. The van der Waals surface area contributed by atoms with Crippen molar-refractivity contribution in [3.63, 3.8) is 0 Å². The molecule has 10 heteroatoms. The van der Waals surface area contributed by atoms with Gasteiger partial charge in [0.2, 0.25) is 0 Å². The van der Waals surface area contributed by atoms with E-state index in [4.69, 9.17) is 19.0 Å². The molecule has 0 bridgehead atoms. The van der Waals surface area contributed by atoms with Crippen molar-refractivity contribution in [3.8, 4) is 11.1 Å². The molecule has 0 radical (unpaired) electrons. The lowest BCUT2D eigenvalue weighted by molar-refractivity contribution is -0.190. The Labute approximate surface area is 208 Å². The van der Waals surface area contributed by atoms with Crippen molar-refractivity contribution in [2.75, 3.05) is 26.9 Å². The van der Waals surface area contributed by atoms with Gasteiger partial charge in [0, 0.05) is 5.56 Å². The first-order chi connectivity index (χ1) is 17.3. The van der Waals surface area contributed by atoms with Crippen LogP contribution in [0.25, 0.3) is 11.1 Å². The van der Waals surface area contributed by atoms with Crippen molar-refractivity contribution in [2.45, 2.75) is 26.2 Å². The number of hydrogen-bond acceptors (Lipinski definition) is 9. The summed E-state index contributed by atoms with van der Waals surface area (Å²) < 4.78 is 15.5. The van der Waals surface area contributed by atoms with Gasteiger partial charge in [0.15, 0.2) is 11.3 Å². The Morgan fingerprint density at radius 1 is 0.833 bits per heavy atom. The maximum atomic E-state index is 13.9. The fourth-order valence-electron chi connectivity index (χ4n) is 4.25. The minimum atomic E-state index is -2.65. The van der Waals surface area contributed by atoms with Crippen molar-refractivity contribution in [1.82, 2.24) is 5.06 Å². The van der Waals surface area contributed by atoms with Gasteiger partial charge in [-0.2, -0.15) is 0 Å². The lowest BCUT2D eigenvalue weighted by Gasteiger charge is -2.41. The first kappa shape index (κ1) is 26.6. The Morgan fingerprint density at radius 2 is 1.42 bits per heavy atom. The quantitative estimate of drug-likeness (QED) is 0.222. The van der Waals surface area contributed by atoms with E-state index in [1.807, 2.05) is 6.07 Å². The van der Waals surface area contributed by atoms with Crippen LogP contribution in [0, 0.1) is 5.92 Å². The predicted molar refractivity (Wildman–Crippen MR) is 125 cm³/mol. The highest BCUT2D eigenvalue weighted by Gasteiger charge is 2.67. The molecule has 190 valence electrons. The zero-order chi connectivity index (χ0) is 26.5. The van der Waals surface area contributed by atoms with Crippen LogP contribution in [0.1, 0.15) is 36.7 Å². The van der Waals surface area contributed by atoms with Crippen LogP contribution >= 0.6 is 0 Å². The average molecular weight is 498 g/mol. The van der Waals surface area contributed by atoms with Gasteiger partial charge in [0.25, 0.3) is 11.8 Å². The van der Waals surface area contributed by atoms with Crippen LogP contribution in [0.3, 0.4) is 0 Å². The highest BCUT2D eigenvalue weighted by Crippen LogP contribution is 2.45. The smallest absolute Gasteiger partial charge is 0.327 e. The van der Waals surface area contributed by atoms with Crippen molar-refractivity contribution >= 4 is 29.7 Å². The molecule has 2 amide bonds. The number of carbonyl (C=O) groups excluding carboxylic acids is 5. The Kier molecular flexibility index (Phi) is 8.21. The van der Waals surface area contributed by atoms with Crippen LogP contribution in [0.15, 0.2) is 48.5 Å². The molecule has 0 N–H and O–H groups in total. The molecule has 0 spiro atoms. The van der Waals surface area contributed by atoms with Gasteiger partial charge in [0.05, 0.1) is 26.9 Å². The zero-order valence-electron chi connectivity index (χ0n) is 20.4. The fourth-order valence-corrected chi connectivity index (χ4v) is 4.25. The maximum absolute atomic E-state index is 13.9. The van der Waals surface area contributed by atoms with Crippen LogP contribution in [-0.2, 0) is 43.6 Å². The molecule has 0 saturated carbocycles. The third-order valence-corrected chi connectivity index (χ3v) is 5.75. The second kappa shape index (κ2) is 11.1. The highest BCUT2D eigenvalue weighted by atomic mass is 16.7. The van der Waals surface area contributed by atoms with Crippen molar-refractivity contribution in [3.05, 3.63) is 59.7 Å². The molecule has 36 heavy (non-hydrogen) atoms. The number of ether oxygens (including phenoxy) is 3. The number of hydroxylamine groups is 2. The highest BCUT2D eigenvalue weighted by molar-refractivity contribution is 6.25. The molecule has 1 heterocycles. The van der Waals surface area contributed by atoms with E-state index in [9.17, 15) is 24.0 Å². The van der Waals surface area contributed by atoms with E-state index in [-0.39, 0.29) is 30.9 Å². The molecule has 1 atom stereocenters. The molecule has 1 unspecified atom stereocenters. The van der Waals surface area contributed by atoms with Crippen molar-refractivity contribution in [1.29, 1.82) is 0 Å². The SMILES string of the molecule is CCOC(=O)C(C(=O)OCC)C1(C(=O)OCC)C(=O)N(OC)C(=O)c2ccc(-c3ccccc3)cc21. The number of carbonyl (C=O) groups is 5. The summed E-state index contributed by atoms with van der Waals surface area (Å²) in [6, 6.07) is 13.4. The molecule has 2 aromatic rings. The lowest BCUT2D eigenvalue weighted by atomic mass is 9.65. The van der Waals surface area contributed by atoms with E-state index in [2.05, 4.69) is 0 Å². The van der Waals surface area contributed by atoms with Gasteiger partial charge < -0.3 is 14.2 Å². The first-order valence-corrected chi connectivity index (χ1v) is 11.4. The van der Waals surface area contributed by atoms with Gasteiger partial charge in [-0.25, -0.2) is 0 Å². The van der Waals surface area contributed by atoms with E-state index in [1.54, 1.807) is 30.3 Å². The van der Waals surface area contributed by atoms with E-state index in [0.29, 0.717) is 16.2 Å². The monoisotopic (exact) mass is 497 g/mol. The molecule has 0 aliphatic carbocycles. The van der Waals surface area contributed by atoms with Crippen LogP contribution < -0.4 is 0 Å². The summed E-state index contributed by atoms with van der Waals surface area (Å²) in [5.74, 6) is -7.83. The topological polar surface area (TPSA) is 126 Å². The Morgan fingerprint density at radius 3 is 1.94 bits per heavy atom. The first-order valence-electron chi connectivity index (χ1n) is 11.4. The van der Waals surface area contributed by atoms with Gasteiger partial charge in [-0.15, -0.1) is 5.06 Å². The Bertz CT molecular complexity index is 1160. The van der Waals surface area contributed by atoms with Gasteiger partial charge in [-0.1, -0.05) is 36.4 Å². The summed E-state index contributed by atoms with van der Waals surface area (Å²) in [6.07, 6.45) is 0. The van der Waals surface area contributed by atoms with E-state index in [1.165, 1.54) is 32.9 Å². The summed E-state index contributed by atoms with van der Waals surface area (Å²) in [6.45, 7) is 4.04. The molecular weight excluding hydrogens is 470 g/mol. The minimum Gasteiger partial charge on any atom is -0.465 e. The third-order valence-electron chi connectivity index (χ3n) is 5.75.